The van der Waals surface area contributed by atoms with E-state index in [4.69, 9.17) is 9.72 Å². The molecule has 6 nitrogen and oxygen atoms in total. The number of pyridine rings is 1. The van der Waals surface area contributed by atoms with Gasteiger partial charge in [0.15, 0.2) is 11.5 Å². The van der Waals surface area contributed by atoms with Gasteiger partial charge in [-0.15, -0.1) is 0 Å². The minimum atomic E-state index is 0.178. The molecule has 0 spiro atoms. The summed E-state index contributed by atoms with van der Waals surface area (Å²) in [4.78, 5) is 6.99. The Hall–Kier alpha value is -2.99. The Morgan fingerprint density at radius 2 is 1.77 bits per heavy atom. The summed E-state index contributed by atoms with van der Waals surface area (Å²) in [6.07, 6.45) is 4.48. The highest BCUT2D eigenvalue weighted by molar-refractivity contribution is 5.93. The van der Waals surface area contributed by atoms with E-state index in [0.717, 1.165) is 49.1 Å². The first-order valence-electron chi connectivity index (χ1n) is 11.0. The van der Waals surface area contributed by atoms with Gasteiger partial charge in [0.05, 0.1) is 12.6 Å². The van der Waals surface area contributed by atoms with Crippen LogP contribution in [0, 0.1) is 0 Å². The van der Waals surface area contributed by atoms with Crippen LogP contribution in [-0.2, 0) is 6.54 Å². The molecule has 164 valence electrons. The van der Waals surface area contributed by atoms with Crippen molar-refractivity contribution in [2.45, 2.75) is 44.3 Å². The molecule has 0 atom stereocenters. The molecule has 4 rings (SSSR count). The van der Waals surface area contributed by atoms with E-state index in [0.29, 0.717) is 17.8 Å². The molecule has 31 heavy (non-hydrogen) atoms. The highest BCUT2D eigenvalue weighted by atomic mass is 16.5. The van der Waals surface area contributed by atoms with Crippen molar-refractivity contribution in [2.24, 2.45) is 0 Å². The van der Waals surface area contributed by atoms with E-state index in [-0.39, 0.29) is 5.75 Å². The first-order valence-corrected chi connectivity index (χ1v) is 11.0. The van der Waals surface area contributed by atoms with Crippen molar-refractivity contribution in [2.75, 3.05) is 31.4 Å². The molecule has 2 aromatic carbocycles. The van der Waals surface area contributed by atoms with Crippen molar-refractivity contribution in [1.82, 2.24) is 10.3 Å². The summed E-state index contributed by atoms with van der Waals surface area (Å²) < 4.78 is 5.20. The van der Waals surface area contributed by atoms with Crippen LogP contribution in [0.2, 0.25) is 0 Å². The number of hydrogen-bond donors (Lipinski definition) is 3. The van der Waals surface area contributed by atoms with Crippen LogP contribution in [0.3, 0.4) is 0 Å². The van der Waals surface area contributed by atoms with Gasteiger partial charge in [0.25, 0.3) is 0 Å². The number of phenols is 1. The number of hydrogen-bond acceptors (Lipinski definition) is 6. The van der Waals surface area contributed by atoms with Gasteiger partial charge in [-0.25, -0.2) is 4.98 Å². The molecule has 0 bridgehead atoms. The van der Waals surface area contributed by atoms with Crippen molar-refractivity contribution in [3.8, 4) is 11.5 Å². The topological polar surface area (TPSA) is 69.7 Å². The molecule has 1 aromatic heterocycles. The Morgan fingerprint density at radius 3 is 2.52 bits per heavy atom. The van der Waals surface area contributed by atoms with Crippen molar-refractivity contribution >= 4 is 22.4 Å². The highest BCUT2D eigenvalue weighted by Crippen LogP contribution is 2.30. The van der Waals surface area contributed by atoms with Gasteiger partial charge >= 0.3 is 0 Å². The lowest BCUT2D eigenvalue weighted by Gasteiger charge is -2.30. The molecule has 1 saturated carbocycles. The molecule has 0 aliphatic heterocycles. The number of ether oxygens (including phenoxy) is 1. The number of fused-ring (bicyclic) bond motifs is 1. The summed E-state index contributed by atoms with van der Waals surface area (Å²) in [7, 11) is 5.73. The molecule has 1 heterocycles. The number of aromatic nitrogens is 1. The summed E-state index contributed by atoms with van der Waals surface area (Å²) in [5.41, 5.74) is 3.33. The van der Waals surface area contributed by atoms with Gasteiger partial charge < -0.3 is 25.4 Å². The fourth-order valence-electron chi connectivity index (χ4n) is 4.35. The van der Waals surface area contributed by atoms with E-state index in [1.54, 1.807) is 13.2 Å². The van der Waals surface area contributed by atoms with Crippen LogP contribution in [0.5, 0.6) is 11.5 Å². The number of rotatable bonds is 7. The molecular formula is C25H32N4O2. The van der Waals surface area contributed by atoms with E-state index in [1.165, 1.54) is 11.1 Å². The van der Waals surface area contributed by atoms with Gasteiger partial charge in [-0.3, -0.25) is 0 Å². The van der Waals surface area contributed by atoms with Crippen molar-refractivity contribution < 1.29 is 9.84 Å². The Morgan fingerprint density at radius 1 is 1.03 bits per heavy atom. The zero-order valence-corrected chi connectivity index (χ0v) is 18.6. The summed E-state index contributed by atoms with van der Waals surface area (Å²) in [5.74, 6) is 1.65. The van der Waals surface area contributed by atoms with Gasteiger partial charge in [-0.05, 0) is 49.4 Å². The number of methoxy groups -OCH3 is 1. The fourth-order valence-corrected chi connectivity index (χ4v) is 4.35. The lowest BCUT2D eigenvalue weighted by Crippen LogP contribution is -2.36. The summed E-state index contributed by atoms with van der Waals surface area (Å²) >= 11 is 0. The van der Waals surface area contributed by atoms with E-state index in [1.807, 2.05) is 18.2 Å². The first-order chi connectivity index (χ1) is 15.0. The number of nitrogens with zero attached hydrogens (tertiary/aromatic N) is 2. The molecular weight excluding hydrogens is 388 g/mol. The monoisotopic (exact) mass is 420 g/mol. The Kier molecular flexibility index (Phi) is 6.47. The molecule has 3 N–H and O–H groups in total. The van der Waals surface area contributed by atoms with Gasteiger partial charge in [0, 0.05) is 49.9 Å². The lowest BCUT2D eigenvalue weighted by atomic mass is 9.91. The Balaban J connectivity index is 1.33. The second kappa shape index (κ2) is 9.43. The van der Waals surface area contributed by atoms with Crippen molar-refractivity contribution in [3.05, 3.63) is 54.1 Å². The van der Waals surface area contributed by atoms with Crippen LogP contribution in [0.4, 0.5) is 11.5 Å². The Bertz CT molecular complexity index is 1030. The summed E-state index contributed by atoms with van der Waals surface area (Å²) in [5, 5.41) is 18.3. The smallest absolute Gasteiger partial charge is 0.160 e. The number of benzene rings is 2. The third-order valence-electron chi connectivity index (χ3n) is 6.09. The molecule has 1 aliphatic rings. The maximum atomic E-state index is 9.75. The maximum absolute atomic E-state index is 9.75. The number of nitrogens with one attached hydrogen (secondary N) is 2. The van der Waals surface area contributed by atoms with E-state index < -0.39 is 0 Å². The molecule has 3 aromatic rings. The van der Waals surface area contributed by atoms with Gasteiger partial charge in [-0.2, -0.15) is 0 Å². The molecule has 0 unspecified atom stereocenters. The highest BCUT2D eigenvalue weighted by Gasteiger charge is 2.21. The SMILES string of the molecule is COc1cc(CNC2CCC(Nc3cc(N(C)C)c4ccccc4n3)CC2)ccc1O. The van der Waals surface area contributed by atoms with Crippen LogP contribution in [0.15, 0.2) is 48.5 Å². The van der Waals surface area contributed by atoms with Crippen molar-refractivity contribution in [3.63, 3.8) is 0 Å². The number of para-hydroxylation sites is 1. The zero-order chi connectivity index (χ0) is 21.8. The van der Waals surface area contributed by atoms with E-state index in [9.17, 15) is 5.11 Å². The largest absolute Gasteiger partial charge is 0.504 e. The molecule has 0 amide bonds. The first kappa shape index (κ1) is 21.2. The quantitative estimate of drug-likeness (QED) is 0.522. The average molecular weight is 421 g/mol. The van der Waals surface area contributed by atoms with E-state index >= 15 is 0 Å². The second-order valence-electron chi connectivity index (χ2n) is 8.52. The number of aromatic hydroxyl groups is 1. The van der Waals surface area contributed by atoms with E-state index in [2.05, 4.69) is 53.9 Å². The molecule has 0 saturated heterocycles. The molecule has 1 fully saturated rings. The second-order valence-corrected chi connectivity index (χ2v) is 8.52. The maximum Gasteiger partial charge on any atom is 0.160 e. The Labute approximate surface area is 184 Å². The third-order valence-corrected chi connectivity index (χ3v) is 6.09. The minimum Gasteiger partial charge on any atom is -0.504 e. The van der Waals surface area contributed by atoms with Crippen molar-refractivity contribution in [1.29, 1.82) is 0 Å². The van der Waals surface area contributed by atoms with Gasteiger partial charge in [0.2, 0.25) is 0 Å². The average Bonchev–Trinajstić information content (AvgIpc) is 2.79. The molecule has 0 radical (unpaired) electrons. The summed E-state index contributed by atoms with van der Waals surface area (Å²) in [6.45, 7) is 0.776. The standard InChI is InChI=1S/C25H32N4O2/c1-29(2)22-15-25(28-21-7-5-4-6-20(21)22)27-19-11-9-18(10-12-19)26-16-17-8-13-23(30)24(14-17)31-3/h4-8,13-15,18-19,26,30H,9-12,16H2,1-3H3,(H,27,28). The third kappa shape index (κ3) is 5.02. The normalized spacial score (nSPS) is 18.7. The number of phenolic OH excluding ortho intramolecular Hbond substituents is 1. The fraction of sp³-hybridized carbons (Fsp3) is 0.400. The van der Waals surface area contributed by atoms with Crippen LogP contribution in [0.25, 0.3) is 10.9 Å². The predicted molar refractivity (Wildman–Crippen MR) is 127 cm³/mol. The molecule has 6 heteroatoms. The van der Waals surface area contributed by atoms with Gasteiger partial charge in [-0.1, -0.05) is 24.3 Å². The predicted octanol–water partition coefficient (Wildman–Crippen LogP) is 4.53. The van der Waals surface area contributed by atoms with Gasteiger partial charge in [0.1, 0.15) is 5.82 Å². The summed E-state index contributed by atoms with van der Waals surface area (Å²) in [6, 6.07) is 16.9. The zero-order valence-electron chi connectivity index (χ0n) is 18.6. The molecule has 1 aliphatic carbocycles. The van der Waals surface area contributed by atoms with Crippen LogP contribution in [-0.4, -0.2) is 43.4 Å². The minimum absolute atomic E-state index is 0.178. The number of anilines is 2. The van der Waals surface area contributed by atoms with Crippen LogP contribution < -0.4 is 20.3 Å². The van der Waals surface area contributed by atoms with Crippen LogP contribution >= 0.6 is 0 Å². The van der Waals surface area contributed by atoms with Crippen LogP contribution in [0.1, 0.15) is 31.2 Å². The lowest BCUT2D eigenvalue weighted by molar-refractivity contribution is 0.351.